The molecule has 0 saturated carbocycles. The van der Waals surface area contributed by atoms with Crippen LogP contribution in [0.3, 0.4) is 0 Å². The third kappa shape index (κ3) is 4.53. The maximum Gasteiger partial charge on any atom is 0.417 e. The Balaban J connectivity index is 1.57. The molecule has 0 atom stereocenters. The van der Waals surface area contributed by atoms with Crippen LogP contribution in [-0.4, -0.2) is 54.0 Å². The molecule has 0 radical (unpaired) electrons. The summed E-state index contributed by atoms with van der Waals surface area (Å²) >= 11 is 2.55. The SMILES string of the molecule is CCc1nc(CN2CCN(c3cc(C(F)(F)F)c4scc(C(=O)NC)c4n3)CC2)cs1. The Hall–Kier alpha value is -2.24. The summed E-state index contributed by atoms with van der Waals surface area (Å²) in [4.78, 5) is 25.3. The van der Waals surface area contributed by atoms with Crippen molar-refractivity contribution in [2.75, 3.05) is 38.1 Å². The number of halogens is 3. The molecule has 166 valence electrons. The number of hydrogen-bond acceptors (Lipinski definition) is 7. The standard InChI is InChI=1S/C20H22F3N5OS2/c1-3-16-25-12(10-30-16)9-27-4-6-28(7-5-27)15-8-14(20(21,22)23)18-17(26-15)13(11-31-18)19(29)24-2/h8,10-11H,3-7,9H2,1-2H3,(H,24,29). The van der Waals surface area contributed by atoms with Gasteiger partial charge in [-0.2, -0.15) is 13.2 Å². The number of thiophene rings is 1. The molecule has 31 heavy (non-hydrogen) atoms. The summed E-state index contributed by atoms with van der Waals surface area (Å²) < 4.78 is 41.2. The summed E-state index contributed by atoms with van der Waals surface area (Å²) in [5.74, 6) is -0.187. The van der Waals surface area contributed by atoms with Gasteiger partial charge in [-0.05, 0) is 12.5 Å². The maximum atomic E-state index is 13.7. The number of aryl methyl sites for hydroxylation is 1. The third-order valence-electron chi connectivity index (χ3n) is 5.27. The molecule has 4 heterocycles. The van der Waals surface area contributed by atoms with Gasteiger partial charge in [0.25, 0.3) is 5.91 Å². The fourth-order valence-electron chi connectivity index (χ4n) is 3.61. The first-order valence-corrected chi connectivity index (χ1v) is 11.7. The molecule has 1 N–H and O–H groups in total. The van der Waals surface area contributed by atoms with Crippen molar-refractivity contribution in [3.63, 3.8) is 0 Å². The molecule has 0 unspecified atom stereocenters. The van der Waals surface area contributed by atoms with Gasteiger partial charge in [0.05, 0.1) is 32.0 Å². The fourth-order valence-corrected chi connectivity index (χ4v) is 5.37. The smallest absolute Gasteiger partial charge is 0.355 e. The second kappa shape index (κ2) is 8.71. The zero-order valence-corrected chi connectivity index (χ0v) is 18.8. The Morgan fingerprint density at radius 2 is 1.90 bits per heavy atom. The van der Waals surface area contributed by atoms with Gasteiger partial charge in [-0.3, -0.25) is 9.69 Å². The molecule has 11 heteroatoms. The molecule has 1 aliphatic heterocycles. The Bertz CT molecular complexity index is 1090. The van der Waals surface area contributed by atoms with Crippen molar-refractivity contribution >= 4 is 44.6 Å². The molecule has 6 nitrogen and oxygen atoms in total. The molecule has 1 amide bonds. The minimum Gasteiger partial charge on any atom is -0.355 e. The minimum atomic E-state index is -4.52. The van der Waals surface area contributed by atoms with Crippen LogP contribution in [0.25, 0.3) is 10.2 Å². The Labute approximate surface area is 185 Å². The van der Waals surface area contributed by atoms with E-state index < -0.39 is 17.6 Å². The molecular formula is C20H22F3N5OS2. The highest BCUT2D eigenvalue weighted by atomic mass is 32.1. The second-order valence-electron chi connectivity index (χ2n) is 7.28. The first-order valence-electron chi connectivity index (χ1n) is 9.92. The van der Waals surface area contributed by atoms with Gasteiger partial charge in [0.2, 0.25) is 0 Å². The van der Waals surface area contributed by atoms with Crippen molar-refractivity contribution in [1.82, 2.24) is 20.2 Å². The monoisotopic (exact) mass is 469 g/mol. The van der Waals surface area contributed by atoms with Crippen molar-refractivity contribution in [3.8, 4) is 0 Å². The average molecular weight is 470 g/mol. The van der Waals surface area contributed by atoms with Gasteiger partial charge in [-0.1, -0.05) is 6.92 Å². The van der Waals surface area contributed by atoms with Crippen molar-refractivity contribution in [2.45, 2.75) is 26.1 Å². The zero-order chi connectivity index (χ0) is 22.2. The van der Waals surface area contributed by atoms with Crippen LogP contribution < -0.4 is 10.2 Å². The number of nitrogens with zero attached hydrogens (tertiary/aromatic N) is 4. The molecule has 3 aromatic heterocycles. The van der Waals surface area contributed by atoms with Crippen LogP contribution in [0.5, 0.6) is 0 Å². The average Bonchev–Trinajstić information content (AvgIpc) is 3.39. The Kier molecular flexibility index (Phi) is 6.18. The number of carbonyl (C=O) groups is 1. The normalized spacial score (nSPS) is 15.6. The van der Waals surface area contributed by atoms with Crippen LogP contribution in [0, 0.1) is 0 Å². The fraction of sp³-hybridized carbons (Fsp3) is 0.450. The van der Waals surface area contributed by atoms with Crippen LogP contribution in [0.4, 0.5) is 19.0 Å². The van der Waals surface area contributed by atoms with Gasteiger partial charge in [0.15, 0.2) is 0 Å². The van der Waals surface area contributed by atoms with E-state index in [9.17, 15) is 18.0 Å². The number of pyridine rings is 1. The van der Waals surface area contributed by atoms with Gasteiger partial charge in [0, 0.05) is 50.5 Å². The van der Waals surface area contributed by atoms with Gasteiger partial charge in [0.1, 0.15) is 5.82 Å². The van der Waals surface area contributed by atoms with E-state index in [1.807, 2.05) is 4.90 Å². The number of carbonyl (C=O) groups excluding carboxylic acids is 1. The van der Waals surface area contributed by atoms with Gasteiger partial charge in [-0.15, -0.1) is 22.7 Å². The van der Waals surface area contributed by atoms with E-state index in [0.29, 0.717) is 26.2 Å². The highest BCUT2D eigenvalue weighted by Crippen LogP contribution is 2.40. The number of hydrogen-bond donors (Lipinski definition) is 1. The number of nitrogens with one attached hydrogen (secondary N) is 1. The minimum absolute atomic E-state index is 0.0104. The summed E-state index contributed by atoms with van der Waals surface area (Å²) in [6, 6.07) is 1.11. The van der Waals surface area contributed by atoms with E-state index in [0.717, 1.165) is 41.1 Å². The van der Waals surface area contributed by atoms with Crippen molar-refractivity contribution < 1.29 is 18.0 Å². The van der Waals surface area contributed by atoms with E-state index >= 15 is 0 Å². The van der Waals surface area contributed by atoms with Gasteiger partial charge < -0.3 is 10.2 Å². The van der Waals surface area contributed by atoms with Gasteiger partial charge in [-0.25, -0.2) is 9.97 Å². The summed E-state index contributed by atoms with van der Waals surface area (Å²) in [6.07, 6.45) is -3.61. The summed E-state index contributed by atoms with van der Waals surface area (Å²) in [5.41, 5.74) is 0.558. The lowest BCUT2D eigenvalue weighted by atomic mass is 10.1. The van der Waals surface area contributed by atoms with Crippen molar-refractivity contribution in [2.24, 2.45) is 0 Å². The number of rotatable bonds is 5. The lowest BCUT2D eigenvalue weighted by Crippen LogP contribution is -2.46. The maximum absolute atomic E-state index is 13.7. The predicted molar refractivity (Wildman–Crippen MR) is 117 cm³/mol. The van der Waals surface area contributed by atoms with Crippen molar-refractivity contribution in [3.05, 3.63) is 38.7 Å². The number of anilines is 1. The summed E-state index contributed by atoms with van der Waals surface area (Å²) in [7, 11) is 1.45. The third-order valence-corrected chi connectivity index (χ3v) is 7.31. The Morgan fingerprint density at radius 1 is 1.16 bits per heavy atom. The van der Waals surface area contributed by atoms with E-state index in [2.05, 4.69) is 32.5 Å². The molecule has 0 aromatic carbocycles. The number of alkyl halides is 3. The molecule has 3 aromatic rings. The topological polar surface area (TPSA) is 61.4 Å². The largest absolute Gasteiger partial charge is 0.417 e. The first-order chi connectivity index (χ1) is 14.8. The Morgan fingerprint density at radius 3 is 2.52 bits per heavy atom. The van der Waals surface area contributed by atoms with Crippen molar-refractivity contribution in [1.29, 1.82) is 0 Å². The van der Waals surface area contributed by atoms with Crippen LogP contribution in [0.1, 0.15) is 33.5 Å². The van der Waals surface area contributed by atoms with E-state index in [1.54, 1.807) is 11.3 Å². The second-order valence-corrected chi connectivity index (χ2v) is 9.10. The first kappa shape index (κ1) is 22.0. The predicted octanol–water partition coefficient (Wildman–Crippen LogP) is 4.02. The number of piperazine rings is 1. The lowest BCUT2D eigenvalue weighted by molar-refractivity contribution is -0.136. The number of aromatic nitrogens is 2. The zero-order valence-electron chi connectivity index (χ0n) is 17.1. The van der Waals surface area contributed by atoms with Crippen LogP contribution >= 0.6 is 22.7 Å². The van der Waals surface area contributed by atoms with E-state index in [-0.39, 0.29) is 21.6 Å². The molecule has 1 aliphatic rings. The van der Waals surface area contributed by atoms with E-state index in [1.165, 1.54) is 12.4 Å². The number of thiazole rings is 1. The molecule has 0 aliphatic carbocycles. The van der Waals surface area contributed by atoms with Crippen LogP contribution in [0.15, 0.2) is 16.8 Å². The highest BCUT2D eigenvalue weighted by Gasteiger charge is 2.36. The van der Waals surface area contributed by atoms with Crippen LogP contribution in [0.2, 0.25) is 0 Å². The molecule has 1 saturated heterocycles. The van der Waals surface area contributed by atoms with Gasteiger partial charge >= 0.3 is 6.18 Å². The van der Waals surface area contributed by atoms with E-state index in [4.69, 9.17) is 0 Å². The molecule has 4 rings (SSSR count). The number of amides is 1. The van der Waals surface area contributed by atoms with Crippen LogP contribution in [-0.2, 0) is 19.1 Å². The number of fused-ring (bicyclic) bond motifs is 1. The molecule has 0 spiro atoms. The molecule has 1 fully saturated rings. The molecular weight excluding hydrogens is 447 g/mol. The quantitative estimate of drug-likeness (QED) is 0.612. The lowest BCUT2D eigenvalue weighted by Gasteiger charge is -2.35. The molecule has 0 bridgehead atoms. The highest BCUT2D eigenvalue weighted by molar-refractivity contribution is 7.17. The summed E-state index contributed by atoms with van der Waals surface area (Å²) in [6.45, 7) is 5.32. The summed E-state index contributed by atoms with van der Waals surface area (Å²) in [5, 5.41) is 7.08.